The monoisotopic (exact) mass is 475 g/mol. The summed E-state index contributed by atoms with van der Waals surface area (Å²) in [4.78, 5) is 16.3. The molecular weight excluding hydrogens is 436 g/mol. The van der Waals surface area contributed by atoms with E-state index in [0.29, 0.717) is 6.42 Å². The fraction of sp³-hybridized carbons (Fsp3) is 0.387. The minimum absolute atomic E-state index is 0.116. The fourth-order valence-corrected chi connectivity index (χ4v) is 6.54. The first kappa shape index (κ1) is 26.1. The molecule has 0 atom stereocenters. The minimum atomic E-state index is -0.207. The van der Waals surface area contributed by atoms with Crippen LogP contribution in [0, 0.1) is 13.8 Å². The lowest BCUT2D eigenvalue weighted by molar-refractivity contribution is -0.134. The molecule has 0 spiro atoms. The Hall–Kier alpha value is -2.52. The van der Waals surface area contributed by atoms with Gasteiger partial charge in [-0.15, -0.1) is 0 Å². The molecule has 0 aromatic heterocycles. The average molecular weight is 476 g/mol. The molecule has 0 aliphatic carbocycles. The van der Waals surface area contributed by atoms with Gasteiger partial charge in [0.05, 0.1) is 10.9 Å². The lowest BCUT2D eigenvalue weighted by Gasteiger charge is -2.14. The van der Waals surface area contributed by atoms with Gasteiger partial charge in [0.2, 0.25) is 0 Å². The summed E-state index contributed by atoms with van der Waals surface area (Å²) >= 11 is 0. The van der Waals surface area contributed by atoms with Gasteiger partial charge in [-0.3, -0.25) is 4.79 Å². The lowest BCUT2D eigenvalue weighted by atomic mass is 10.1. The van der Waals surface area contributed by atoms with E-state index >= 15 is 0 Å². The van der Waals surface area contributed by atoms with E-state index < -0.39 is 0 Å². The van der Waals surface area contributed by atoms with E-state index in [0.717, 1.165) is 29.7 Å². The molecule has 0 bridgehead atoms. The van der Waals surface area contributed by atoms with E-state index in [-0.39, 0.29) is 16.9 Å². The Balaban J connectivity index is 1.65. The molecule has 0 radical (unpaired) electrons. The second-order valence-corrected chi connectivity index (χ2v) is 11.0. The van der Waals surface area contributed by atoms with Crippen molar-refractivity contribution in [2.24, 2.45) is 0 Å². The van der Waals surface area contributed by atoms with Gasteiger partial charge < -0.3 is 4.74 Å². The van der Waals surface area contributed by atoms with Crippen LogP contribution in [0.1, 0.15) is 75.8 Å². The van der Waals surface area contributed by atoms with Crippen LogP contribution < -0.4 is 4.74 Å². The highest BCUT2D eigenvalue weighted by Gasteiger charge is 2.29. The molecule has 180 valence electrons. The predicted octanol–water partition coefficient (Wildman–Crippen LogP) is 8.84. The number of carbonyl (C=O) groups is 1. The first-order valence-corrected chi connectivity index (χ1v) is 14.0. The molecule has 3 aromatic carbocycles. The van der Waals surface area contributed by atoms with Crippen molar-refractivity contribution in [3.8, 4) is 5.75 Å². The number of hydrogen-bond acceptors (Lipinski definition) is 2. The quantitative estimate of drug-likeness (QED) is 0.107. The fourth-order valence-electron chi connectivity index (χ4n) is 4.28. The van der Waals surface area contributed by atoms with E-state index in [9.17, 15) is 4.79 Å². The molecule has 0 aliphatic heterocycles. The van der Waals surface area contributed by atoms with E-state index in [1.807, 2.05) is 13.8 Å². The minimum Gasteiger partial charge on any atom is -0.426 e. The van der Waals surface area contributed by atoms with Crippen LogP contribution in [0.15, 0.2) is 87.5 Å². The normalized spacial score (nSPS) is 11.1. The Morgan fingerprint density at radius 1 is 0.676 bits per heavy atom. The van der Waals surface area contributed by atoms with Crippen LogP contribution in [0.5, 0.6) is 5.75 Å². The van der Waals surface area contributed by atoms with Crippen LogP contribution in [0.4, 0.5) is 0 Å². The Morgan fingerprint density at radius 2 is 1.15 bits per heavy atom. The maximum absolute atomic E-state index is 12.5. The van der Waals surface area contributed by atoms with Crippen molar-refractivity contribution in [2.75, 3.05) is 0 Å². The van der Waals surface area contributed by atoms with Gasteiger partial charge in [-0.05, 0) is 55.7 Å². The standard InChI is InChI=1S/C31H39O2S/c1-4-5-6-7-8-9-10-17-22-30(32)33-31-25(2)23-29(24-26(31)3)34(27-18-13-11-14-19-27)28-20-15-12-16-21-28/h11-16,18-21,23-24H,4-10,17,22H2,1-3H3/q+1. The predicted molar refractivity (Wildman–Crippen MR) is 144 cm³/mol. The summed E-state index contributed by atoms with van der Waals surface area (Å²) in [5, 5.41) is 0. The molecule has 3 heteroatoms. The van der Waals surface area contributed by atoms with Gasteiger partial charge in [0, 0.05) is 18.6 Å². The van der Waals surface area contributed by atoms with Crippen LogP contribution in [0.3, 0.4) is 0 Å². The Morgan fingerprint density at radius 3 is 1.65 bits per heavy atom. The van der Waals surface area contributed by atoms with Crippen molar-refractivity contribution in [3.63, 3.8) is 0 Å². The van der Waals surface area contributed by atoms with E-state index in [1.165, 1.54) is 53.2 Å². The third-order valence-electron chi connectivity index (χ3n) is 6.08. The molecule has 0 saturated heterocycles. The summed E-state index contributed by atoms with van der Waals surface area (Å²) in [7, 11) is -0.207. The number of hydrogen-bond donors (Lipinski definition) is 0. The number of esters is 1. The zero-order valence-corrected chi connectivity index (χ0v) is 21.8. The summed E-state index contributed by atoms with van der Waals surface area (Å²) in [5.41, 5.74) is 2.03. The van der Waals surface area contributed by atoms with Gasteiger partial charge in [-0.1, -0.05) is 88.3 Å². The molecule has 2 nitrogen and oxygen atoms in total. The molecule has 0 N–H and O–H groups in total. The summed E-state index contributed by atoms with van der Waals surface area (Å²) in [5.74, 6) is 0.605. The molecule has 0 amide bonds. The van der Waals surface area contributed by atoms with Crippen LogP contribution in [-0.4, -0.2) is 5.97 Å². The highest BCUT2D eigenvalue weighted by Crippen LogP contribution is 2.35. The first-order chi connectivity index (χ1) is 16.6. The maximum atomic E-state index is 12.5. The van der Waals surface area contributed by atoms with Crippen molar-refractivity contribution in [1.29, 1.82) is 0 Å². The van der Waals surface area contributed by atoms with Gasteiger partial charge in [-0.25, -0.2) is 0 Å². The summed E-state index contributed by atoms with van der Waals surface area (Å²) in [6, 6.07) is 25.7. The SMILES string of the molecule is CCCCCCCCCCC(=O)Oc1c(C)cc([S+](c2ccccc2)c2ccccc2)cc1C. The van der Waals surface area contributed by atoms with E-state index in [2.05, 4.69) is 79.7 Å². The smallest absolute Gasteiger partial charge is 0.311 e. The molecule has 0 unspecified atom stereocenters. The topological polar surface area (TPSA) is 26.3 Å². The van der Waals surface area contributed by atoms with Gasteiger partial charge >= 0.3 is 5.97 Å². The summed E-state index contributed by atoms with van der Waals surface area (Å²) < 4.78 is 5.85. The van der Waals surface area contributed by atoms with Gasteiger partial charge in [0.25, 0.3) is 0 Å². The summed E-state index contributed by atoms with van der Waals surface area (Å²) in [6.45, 7) is 6.34. The van der Waals surface area contributed by atoms with Gasteiger partial charge in [0.1, 0.15) is 5.75 Å². The van der Waals surface area contributed by atoms with Crippen molar-refractivity contribution < 1.29 is 9.53 Å². The van der Waals surface area contributed by atoms with Gasteiger partial charge in [-0.2, -0.15) is 0 Å². The van der Waals surface area contributed by atoms with Crippen LogP contribution in [-0.2, 0) is 15.7 Å². The zero-order valence-electron chi connectivity index (χ0n) is 21.0. The molecule has 0 aliphatic rings. The highest BCUT2D eigenvalue weighted by atomic mass is 32.2. The number of benzene rings is 3. The Labute approximate surface area is 209 Å². The van der Waals surface area contributed by atoms with Crippen molar-refractivity contribution in [3.05, 3.63) is 83.9 Å². The Kier molecular flexibility index (Phi) is 10.8. The number of ether oxygens (including phenoxy) is 1. The second kappa shape index (κ2) is 14.0. The van der Waals surface area contributed by atoms with E-state index in [1.54, 1.807) is 0 Å². The van der Waals surface area contributed by atoms with Crippen molar-refractivity contribution >= 4 is 16.9 Å². The molecular formula is C31H39O2S+. The average Bonchev–Trinajstić information content (AvgIpc) is 2.85. The zero-order chi connectivity index (χ0) is 24.2. The lowest BCUT2D eigenvalue weighted by Crippen LogP contribution is -2.11. The number of rotatable bonds is 13. The molecule has 0 heterocycles. The molecule has 3 rings (SSSR count). The second-order valence-electron chi connectivity index (χ2n) is 9.02. The third-order valence-corrected chi connectivity index (χ3v) is 8.27. The maximum Gasteiger partial charge on any atom is 0.311 e. The largest absolute Gasteiger partial charge is 0.426 e. The summed E-state index contributed by atoms with van der Waals surface area (Å²) in [6.07, 6.45) is 10.3. The highest BCUT2D eigenvalue weighted by molar-refractivity contribution is 7.97. The number of aryl methyl sites for hydroxylation is 2. The van der Waals surface area contributed by atoms with E-state index in [4.69, 9.17) is 4.74 Å². The number of unbranched alkanes of at least 4 members (excludes halogenated alkanes) is 7. The third kappa shape index (κ3) is 7.77. The first-order valence-electron chi connectivity index (χ1n) is 12.8. The molecule has 3 aromatic rings. The van der Waals surface area contributed by atoms with Crippen LogP contribution >= 0.6 is 0 Å². The van der Waals surface area contributed by atoms with Crippen molar-refractivity contribution in [2.45, 2.75) is 93.2 Å². The van der Waals surface area contributed by atoms with Crippen LogP contribution in [0.2, 0.25) is 0 Å². The molecule has 0 fully saturated rings. The number of carbonyl (C=O) groups excluding carboxylic acids is 1. The molecule has 34 heavy (non-hydrogen) atoms. The van der Waals surface area contributed by atoms with Crippen LogP contribution in [0.25, 0.3) is 0 Å². The van der Waals surface area contributed by atoms with Crippen molar-refractivity contribution in [1.82, 2.24) is 0 Å². The molecule has 0 saturated carbocycles. The van der Waals surface area contributed by atoms with Gasteiger partial charge in [0.15, 0.2) is 14.7 Å². The Bertz CT molecular complexity index is 952.